The maximum Gasteiger partial charge on any atom is 0.261 e. The van der Waals surface area contributed by atoms with Crippen LogP contribution >= 0.6 is 0 Å². The Hall–Kier alpha value is -4.02. The average Bonchev–Trinajstić information content (AvgIpc) is 2.91. The predicted octanol–water partition coefficient (Wildman–Crippen LogP) is 5.46. The standard InChI is InChI=1S/C30H28N2O6S2/c1-19-10-14-21(15-11-19)39(35,36)31-26-18-25(29-27(33)8-5-9-28(29)34)30(24-7-4-3-6-23(24)26)32-40(37,38)22-16-12-20(2)13-17-22/h3-4,6-7,10-18,29,31-32H,5,8-9H2,1-2H3. The lowest BCUT2D eigenvalue weighted by Gasteiger charge is -2.25. The van der Waals surface area contributed by atoms with Gasteiger partial charge in [0.2, 0.25) is 0 Å². The fourth-order valence-electron chi connectivity index (χ4n) is 4.91. The van der Waals surface area contributed by atoms with E-state index in [0.29, 0.717) is 17.2 Å². The van der Waals surface area contributed by atoms with Gasteiger partial charge in [0.05, 0.1) is 21.2 Å². The van der Waals surface area contributed by atoms with Crippen LogP contribution in [0.1, 0.15) is 41.9 Å². The van der Waals surface area contributed by atoms with Gasteiger partial charge in [-0.25, -0.2) is 16.8 Å². The lowest BCUT2D eigenvalue weighted by Crippen LogP contribution is -2.28. The van der Waals surface area contributed by atoms with Crippen LogP contribution in [-0.2, 0) is 29.6 Å². The van der Waals surface area contributed by atoms with Crippen molar-refractivity contribution in [2.45, 2.75) is 48.8 Å². The highest BCUT2D eigenvalue weighted by molar-refractivity contribution is 7.93. The molecule has 1 aliphatic rings. The predicted molar refractivity (Wildman–Crippen MR) is 155 cm³/mol. The number of ketones is 2. The topological polar surface area (TPSA) is 126 Å². The van der Waals surface area contributed by atoms with Crippen LogP contribution in [0.2, 0.25) is 0 Å². The van der Waals surface area contributed by atoms with Crippen molar-refractivity contribution >= 4 is 53.8 Å². The molecule has 206 valence electrons. The molecule has 8 nitrogen and oxygen atoms in total. The maximum absolute atomic E-state index is 13.5. The van der Waals surface area contributed by atoms with Gasteiger partial charge in [-0.05, 0) is 56.2 Å². The lowest BCUT2D eigenvalue weighted by molar-refractivity contribution is -0.131. The number of nitrogens with one attached hydrogen (secondary N) is 2. The molecule has 1 fully saturated rings. The summed E-state index contributed by atoms with van der Waals surface area (Å²) in [5, 5.41) is 0.753. The first kappa shape index (κ1) is 27.5. The highest BCUT2D eigenvalue weighted by Crippen LogP contribution is 2.41. The van der Waals surface area contributed by atoms with Gasteiger partial charge >= 0.3 is 0 Å². The molecule has 1 aliphatic carbocycles. The molecule has 0 atom stereocenters. The van der Waals surface area contributed by atoms with E-state index in [-0.39, 0.29) is 51.1 Å². The van der Waals surface area contributed by atoms with Crippen molar-refractivity contribution in [2.75, 3.05) is 9.44 Å². The molecule has 4 aromatic carbocycles. The molecule has 10 heteroatoms. The van der Waals surface area contributed by atoms with Gasteiger partial charge in [0.1, 0.15) is 17.5 Å². The summed E-state index contributed by atoms with van der Waals surface area (Å²) >= 11 is 0. The number of carbonyl (C=O) groups excluding carboxylic acids is 2. The van der Waals surface area contributed by atoms with Gasteiger partial charge < -0.3 is 0 Å². The van der Waals surface area contributed by atoms with Crippen LogP contribution in [-0.4, -0.2) is 28.4 Å². The van der Waals surface area contributed by atoms with Crippen LogP contribution in [0.5, 0.6) is 0 Å². The van der Waals surface area contributed by atoms with E-state index in [2.05, 4.69) is 9.44 Å². The second-order valence-electron chi connectivity index (χ2n) is 9.99. The van der Waals surface area contributed by atoms with Gasteiger partial charge in [-0.15, -0.1) is 0 Å². The first-order valence-electron chi connectivity index (χ1n) is 12.8. The molecule has 0 unspecified atom stereocenters. The van der Waals surface area contributed by atoms with E-state index in [9.17, 15) is 26.4 Å². The second kappa shape index (κ2) is 10.5. The van der Waals surface area contributed by atoms with Crippen molar-refractivity contribution in [3.63, 3.8) is 0 Å². The van der Waals surface area contributed by atoms with Crippen molar-refractivity contribution in [3.8, 4) is 0 Å². The van der Waals surface area contributed by atoms with Crippen LogP contribution < -0.4 is 9.44 Å². The normalized spacial score (nSPS) is 14.8. The fourth-order valence-corrected chi connectivity index (χ4v) is 7.09. The Balaban J connectivity index is 1.72. The van der Waals surface area contributed by atoms with Gasteiger partial charge in [0.25, 0.3) is 20.0 Å². The first-order valence-corrected chi connectivity index (χ1v) is 15.7. The molecule has 1 saturated carbocycles. The van der Waals surface area contributed by atoms with E-state index >= 15 is 0 Å². The molecular formula is C30H28N2O6S2. The highest BCUT2D eigenvalue weighted by atomic mass is 32.2. The minimum Gasteiger partial charge on any atom is -0.299 e. The average molecular weight is 577 g/mol. The monoisotopic (exact) mass is 576 g/mol. The van der Waals surface area contributed by atoms with Crippen LogP contribution in [0.25, 0.3) is 10.8 Å². The smallest absolute Gasteiger partial charge is 0.261 e. The van der Waals surface area contributed by atoms with E-state index < -0.39 is 26.0 Å². The third-order valence-corrected chi connectivity index (χ3v) is 9.77. The Kier molecular flexibility index (Phi) is 7.24. The van der Waals surface area contributed by atoms with Crippen molar-refractivity contribution in [1.82, 2.24) is 0 Å². The molecule has 0 saturated heterocycles. The van der Waals surface area contributed by atoms with Crippen LogP contribution in [0.3, 0.4) is 0 Å². The summed E-state index contributed by atoms with van der Waals surface area (Å²) in [7, 11) is -8.17. The summed E-state index contributed by atoms with van der Waals surface area (Å²) in [5.41, 5.74) is 2.10. The zero-order valence-corrected chi connectivity index (χ0v) is 23.6. The minimum absolute atomic E-state index is 0.0126. The summed E-state index contributed by atoms with van der Waals surface area (Å²) in [4.78, 5) is 26.2. The van der Waals surface area contributed by atoms with Crippen LogP contribution in [0.15, 0.2) is 88.7 Å². The van der Waals surface area contributed by atoms with Gasteiger partial charge in [0, 0.05) is 23.6 Å². The van der Waals surface area contributed by atoms with Crippen molar-refractivity contribution in [1.29, 1.82) is 0 Å². The third kappa shape index (κ3) is 5.37. The van der Waals surface area contributed by atoms with E-state index in [4.69, 9.17) is 0 Å². The highest BCUT2D eigenvalue weighted by Gasteiger charge is 2.35. The number of carbonyl (C=O) groups is 2. The van der Waals surface area contributed by atoms with Gasteiger partial charge in [-0.2, -0.15) is 0 Å². The number of fused-ring (bicyclic) bond motifs is 1. The SMILES string of the molecule is Cc1ccc(S(=O)(=O)Nc2cc(C3C(=O)CCCC3=O)c(NS(=O)(=O)c3ccc(C)cc3)c3ccccc23)cc1. The molecule has 0 aromatic heterocycles. The summed E-state index contributed by atoms with van der Waals surface area (Å²) in [6.07, 6.45) is 0.745. The zero-order chi connectivity index (χ0) is 28.7. The molecule has 0 radical (unpaired) electrons. The minimum atomic E-state index is -4.12. The number of benzene rings is 4. The Bertz CT molecular complexity index is 1830. The molecule has 0 amide bonds. The van der Waals surface area contributed by atoms with Crippen LogP contribution in [0.4, 0.5) is 11.4 Å². The Labute approximate surface area is 233 Å². The molecule has 0 heterocycles. The number of hydrogen-bond donors (Lipinski definition) is 2. The van der Waals surface area contributed by atoms with Crippen molar-refractivity contribution < 1.29 is 26.4 Å². The van der Waals surface area contributed by atoms with E-state index in [1.807, 2.05) is 13.8 Å². The van der Waals surface area contributed by atoms with Gasteiger partial charge in [-0.3, -0.25) is 19.0 Å². The molecule has 2 N–H and O–H groups in total. The first-order chi connectivity index (χ1) is 19.0. The maximum atomic E-state index is 13.5. The molecule has 40 heavy (non-hydrogen) atoms. The number of Topliss-reactive ketones (excluding diaryl/α,β-unsaturated/α-hetero) is 2. The van der Waals surface area contributed by atoms with Gasteiger partial charge in [0.15, 0.2) is 0 Å². The quantitative estimate of drug-likeness (QED) is 0.281. The van der Waals surface area contributed by atoms with E-state index in [0.717, 1.165) is 11.1 Å². The summed E-state index contributed by atoms with van der Waals surface area (Å²) in [6, 6.07) is 20.7. The van der Waals surface area contributed by atoms with Crippen molar-refractivity contribution in [3.05, 3.63) is 95.6 Å². The van der Waals surface area contributed by atoms with Crippen LogP contribution in [0, 0.1) is 13.8 Å². The number of hydrogen-bond acceptors (Lipinski definition) is 6. The van der Waals surface area contributed by atoms with Crippen molar-refractivity contribution in [2.24, 2.45) is 0 Å². The molecule has 4 aromatic rings. The second-order valence-corrected chi connectivity index (χ2v) is 13.4. The molecule has 0 aliphatic heterocycles. The summed E-state index contributed by atoms with van der Waals surface area (Å²) < 4.78 is 58.9. The molecule has 0 bridgehead atoms. The molecular weight excluding hydrogens is 548 g/mol. The van der Waals surface area contributed by atoms with Gasteiger partial charge in [-0.1, -0.05) is 59.7 Å². The Morgan fingerprint density at radius 2 is 1.12 bits per heavy atom. The molecule has 5 rings (SSSR count). The molecule has 0 spiro atoms. The lowest BCUT2D eigenvalue weighted by atomic mass is 9.80. The largest absolute Gasteiger partial charge is 0.299 e. The Morgan fingerprint density at radius 1 is 0.650 bits per heavy atom. The number of aryl methyl sites for hydroxylation is 2. The van der Waals surface area contributed by atoms with E-state index in [1.165, 1.54) is 30.3 Å². The zero-order valence-electron chi connectivity index (χ0n) is 22.0. The number of sulfonamides is 2. The third-order valence-electron chi connectivity index (χ3n) is 7.02. The fraction of sp³-hybridized carbons (Fsp3) is 0.200. The number of anilines is 2. The Morgan fingerprint density at radius 3 is 1.65 bits per heavy atom. The number of rotatable bonds is 7. The summed E-state index contributed by atoms with van der Waals surface area (Å²) in [6.45, 7) is 3.68. The summed E-state index contributed by atoms with van der Waals surface area (Å²) in [5.74, 6) is -1.90. The van der Waals surface area contributed by atoms with E-state index in [1.54, 1.807) is 48.5 Å².